The SMILES string of the molecule is O=C(C1CC1)N1CCC(C(O)c2ccc(Cl)cc2)CC1. The molecule has 1 N–H and O–H groups in total. The minimum Gasteiger partial charge on any atom is -0.388 e. The molecule has 1 aliphatic carbocycles. The number of aliphatic hydroxyl groups excluding tert-OH is 1. The third-order valence-corrected chi connectivity index (χ3v) is 4.69. The van der Waals surface area contributed by atoms with Gasteiger partial charge >= 0.3 is 0 Å². The molecule has 3 rings (SSSR count). The fraction of sp³-hybridized carbons (Fsp3) is 0.562. The molecule has 4 heteroatoms. The molecular formula is C16H20ClNO2. The average Bonchev–Trinajstić information content (AvgIpc) is 3.31. The highest BCUT2D eigenvalue weighted by Gasteiger charge is 2.36. The van der Waals surface area contributed by atoms with Crippen molar-refractivity contribution >= 4 is 17.5 Å². The summed E-state index contributed by atoms with van der Waals surface area (Å²) in [5.41, 5.74) is 0.918. The van der Waals surface area contributed by atoms with E-state index in [0.29, 0.717) is 16.8 Å². The molecule has 20 heavy (non-hydrogen) atoms. The fourth-order valence-corrected chi connectivity index (χ4v) is 3.08. The third kappa shape index (κ3) is 2.99. The van der Waals surface area contributed by atoms with Crippen molar-refractivity contribution in [3.05, 3.63) is 34.9 Å². The molecule has 0 radical (unpaired) electrons. The van der Waals surface area contributed by atoms with Crippen LogP contribution in [-0.4, -0.2) is 29.0 Å². The zero-order chi connectivity index (χ0) is 14.1. The smallest absolute Gasteiger partial charge is 0.225 e. The summed E-state index contributed by atoms with van der Waals surface area (Å²) in [4.78, 5) is 14.0. The van der Waals surface area contributed by atoms with Crippen LogP contribution >= 0.6 is 11.6 Å². The molecule has 1 aromatic carbocycles. The Bertz CT molecular complexity index is 476. The van der Waals surface area contributed by atoms with Crippen molar-refractivity contribution in [1.29, 1.82) is 0 Å². The normalized spacial score (nSPS) is 21.8. The van der Waals surface area contributed by atoms with Gasteiger partial charge in [0.25, 0.3) is 0 Å². The number of halogens is 1. The highest BCUT2D eigenvalue weighted by Crippen LogP contribution is 2.35. The predicted octanol–water partition coefficient (Wildman–Crippen LogP) is 3.02. The van der Waals surface area contributed by atoms with Crippen LogP contribution in [0.4, 0.5) is 0 Å². The maximum absolute atomic E-state index is 12.0. The van der Waals surface area contributed by atoms with Crippen LogP contribution in [0, 0.1) is 11.8 Å². The van der Waals surface area contributed by atoms with Gasteiger partial charge < -0.3 is 10.0 Å². The van der Waals surface area contributed by atoms with Gasteiger partial charge in [-0.25, -0.2) is 0 Å². The Morgan fingerprint density at radius 1 is 1.15 bits per heavy atom. The van der Waals surface area contributed by atoms with Crippen molar-refractivity contribution in [1.82, 2.24) is 4.90 Å². The van der Waals surface area contributed by atoms with Crippen LogP contribution in [0.5, 0.6) is 0 Å². The van der Waals surface area contributed by atoms with Crippen molar-refractivity contribution < 1.29 is 9.90 Å². The molecule has 108 valence electrons. The molecule has 2 aliphatic rings. The molecule has 1 aromatic rings. The first kappa shape index (κ1) is 13.9. The second kappa shape index (κ2) is 5.74. The van der Waals surface area contributed by atoms with Crippen LogP contribution in [-0.2, 0) is 4.79 Å². The van der Waals surface area contributed by atoms with Gasteiger partial charge in [0.05, 0.1) is 6.10 Å². The first-order chi connectivity index (χ1) is 9.65. The molecule has 0 bridgehead atoms. The summed E-state index contributed by atoms with van der Waals surface area (Å²) in [5.74, 6) is 0.858. The topological polar surface area (TPSA) is 40.5 Å². The standard InChI is InChI=1S/C16H20ClNO2/c17-14-5-3-11(4-6-14)15(19)12-7-9-18(10-8-12)16(20)13-1-2-13/h3-6,12-13,15,19H,1-2,7-10H2. The number of amides is 1. The molecule has 1 amide bonds. The maximum atomic E-state index is 12.0. The van der Waals surface area contributed by atoms with Crippen LogP contribution in [0.25, 0.3) is 0 Å². The number of benzene rings is 1. The molecule has 2 fully saturated rings. The molecule has 1 atom stereocenters. The zero-order valence-corrected chi connectivity index (χ0v) is 12.2. The van der Waals surface area contributed by atoms with Gasteiger partial charge in [-0.2, -0.15) is 0 Å². The molecule has 1 saturated heterocycles. The number of likely N-dealkylation sites (tertiary alicyclic amines) is 1. The van der Waals surface area contributed by atoms with Crippen molar-refractivity contribution in [3.63, 3.8) is 0 Å². The second-order valence-electron chi connectivity index (χ2n) is 5.93. The molecule has 0 spiro atoms. The van der Waals surface area contributed by atoms with Crippen LogP contribution in [0.3, 0.4) is 0 Å². The van der Waals surface area contributed by atoms with Gasteiger partial charge in [0.2, 0.25) is 5.91 Å². The number of carbonyl (C=O) groups is 1. The number of piperidine rings is 1. The van der Waals surface area contributed by atoms with E-state index < -0.39 is 6.10 Å². The average molecular weight is 294 g/mol. The van der Waals surface area contributed by atoms with Crippen molar-refractivity contribution in [2.45, 2.75) is 31.8 Å². The number of rotatable bonds is 3. The Kier molecular flexibility index (Phi) is 3.99. The number of hydrogen-bond donors (Lipinski definition) is 1. The van der Waals surface area contributed by atoms with Crippen molar-refractivity contribution in [3.8, 4) is 0 Å². The van der Waals surface area contributed by atoms with Gasteiger partial charge in [-0.3, -0.25) is 4.79 Å². The number of carbonyl (C=O) groups excluding carboxylic acids is 1. The lowest BCUT2D eigenvalue weighted by molar-refractivity contribution is -0.134. The number of hydrogen-bond acceptors (Lipinski definition) is 2. The highest BCUT2D eigenvalue weighted by atomic mass is 35.5. The van der Waals surface area contributed by atoms with E-state index in [-0.39, 0.29) is 5.92 Å². The largest absolute Gasteiger partial charge is 0.388 e. The Morgan fingerprint density at radius 2 is 1.75 bits per heavy atom. The zero-order valence-electron chi connectivity index (χ0n) is 11.5. The molecule has 1 heterocycles. The van der Waals surface area contributed by atoms with E-state index in [1.165, 1.54) is 0 Å². The lowest BCUT2D eigenvalue weighted by Crippen LogP contribution is -2.40. The van der Waals surface area contributed by atoms with Crippen LogP contribution in [0.1, 0.15) is 37.4 Å². The van der Waals surface area contributed by atoms with E-state index in [2.05, 4.69) is 0 Å². The van der Waals surface area contributed by atoms with Gasteiger partial charge in [-0.1, -0.05) is 23.7 Å². The van der Waals surface area contributed by atoms with Gasteiger partial charge in [0.1, 0.15) is 0 Å². The molecule has 1 aliphatic heterocycles. The van der Waals surface area contributed by atoms with E-state index >= 15 is 0 Å². The Morgan fingerprint density at radius 3 is 2.30 bits per heavy atom. The molecular weight excluding hydrogens is 274 g/mol. The lowest BCUT2D eigenvalue weighted by atomic mass is 9.87. The van der Waals surface area contributed by atoms with Crippen LogP contribution in [0.15, 0.2) is 24.3 Å². The minimum atomic E-state index is -0.453. The number of aliphatic hydroxyl groups is 1. The van der Waals surface area contributed by atoms with E-state index in [4.69, 9.17) is 11.6 Å². The quantitative estimate of drug-likeness (QED) is 0.930. The van der Waals surface area contributed by atoms with E-state index in [9.17, 15) is 9.90 Å². The lowest BCUT2D eigenvalue weighted by Gasteiger charge is -2.34. The molecule has 1 unspecified atom stereocenters. The van der Waals surface area contributed by atoms with Gasteiger partial charge in [-0.15, -0.1) is 0 Å². The van der Waals surface area contributed by atoms with Crippen LogP contribution in [0.2, 0.25) is 5.02 Å². The van der Waals surface area contributed by atoms with Crippen molar-refractivity contribution in [2.24, 2.45) is 11.8 Å². The molecule has 3 nitrogen and oxygen atoms in total. The Hall–Kier alpha value is -1.06. The summed E-state index contributed by atoms with van der Waals surface area (Å²) in [5, 5.41) is 11.1. The second-order valence-corrected chi connectivity index (χ2v) is 6.37. The van der Waals surface area contributed by atoms with E-state index in [1.54, 1.807) is 0 Å². The third-order valence-electron chi connectivity index (χ3n) is 4.44. The Balaban J connectivity index is 1.57. The summed E-state index contributed by atoms with van der Waals surface area (Å²) in [7, 11) is 0. The summed E-state index contributed by atoms with van der Waals surface area (Å²) in [6.07, 6.45) is 3.42. The monoisotopic (exact) mass is 293 g/mol. The van der Waals surface area contributed by atoms with Gasteiger partial charge in [0, 0.05) is 24.0 Å². The van der Waals surface area contributed by atoms with E-state index in [1.807, 2.05) is 29.2 Å². The first-order valence-corrected chi connectivity index (χ1v) is 7.75. The van der Waals surface area contributed by atoms with Gasteiger partial charge in [-0.05, 0) is 49.3 Å². The first-order valence-electron chi connectivity index (χ1n) is 7.37. The maximum Gasteiger partial charge on any atom is 0.225 e. The molecule has 0 aromatic heterocycles. The summed E-state index contributed by atoms with van der Waals surface area (Å²) >= 11 is 5.87. The van der Waals surface area contributed by atoms with Crippen molar-refractivity contribution in [2.75, 3.05) is 13.1 Å². The number of nitrogens with zero attached hydrogens (tertiary/aromatic N) is 1. The summed E-state index contributed by atoms with van der Waals surface area (Å²) in [6.45, 7) is 1.56. The summed E-state index contributed by atoms with van der Waals surface area (Å²) < 4.78 is 0. The highest BCUT2D eigenvalue weighted by molar-refractivity contribution is 6.30. The molecule has 1 saturated carbocycles. The fourth-order valence-electron chi connectivity index (χ4n) is 2.96. The van der Waals surface area contributed by atoms with E-state index in [0.717, 1.165) is 44.3 Å². The Labute approximate surface area is 124 Å². The minimum absolute atomic E-state index is 0.236. The summed E-state index contributed by atoms with van der Waals surface area (Å²) in [6, 6.07) is 7.39. The van der Waals surface area contributed by atoms with Gasteiger partial charge in [0.15, 0.2) is 0 Å². The predicted molar refractivity (Wildman–Crippen MR) is 78.4 cm³/mol. The van der Waals surface area contributed by atoms with Crippen LogP contribution < -0.4 is 0 Å².